The SMILES string of the molecule is COc1cc(/C=N/NC(=O)COc2ccccc2O)ccc1O. The normalized spacial score (nSPS) is 10.5. The van der Waals surface area contributed by atoms with Gasteiger partial charge in [-0.25, -0.2) is 5.43 Å². The van der Waals surface area contributed by atoms with Crippen LogP contribution in [0.4, 0.5) is 0 Å². The second kappa shape index (κ2) is 7.69. The molecule has 0 aliphatic heterocycles. The van der Waals surface area contributed by atoms with Crippen LogP contribution in [0.15, 0.2) is 47.6 Å². The standard InChI is InChI=1S/C16H16N2O5/c1-22-15-8-11(6-7-13(15)20)9-17-18-16(21)10-23-14-5-3-2-4-12(14)19/h2-9,19-20H,10H2,1H3,(H,18,21)/b17-9+. The Bertz CT molecular complexity index is 715. The van der Waals surface area contributed by atoms with Gasteiger partial charge in [0.05, 0.1) is 13.3 Å². The van der Waals surface area contributed by atoms with Crippen molar-refractivity contribution in [3.8, 4) is 23.0 Å². The number of aromatic hydroxyl groups is 2. The first-order valence-electron chi connectivity index (χ1n) is 6.70. The second-order valence-electron chi connectivity index (χ2n) is 4.48. The molecule has 7 heteroatoms. The van der Waals surface area contributed by atoms with Gasteiger partial charge in [-0.3, -0.25) is 4.79 Å². The molecule has 0 fully saturated rings. The maximum atomic E-state index is 11.6. The van der Waals surface area contributed by atoms with Crippen molar-refractivity contribution in [2.24, 2.45) is 5.10 Å². The Morgan fingerprint density at radius 3 is 2.65 bits per heavy atom. The fourth-order valence-corrected chi connectivity index (χ4v) is 1.71. The highest BCUT2D eigenvalue weighted by molar-refractivity contribution is 5.83. The van der Waals surface area contributed by atoms with Crippen molar-refractivity contribution in [2.45, 2.75) is 0 Å². The van der Waals surface area contributed by atoms with Gasteiger partial charge in [-0.1, -0.05) is 12.1 Å². The van der Waals surface area contributed by atoms with E-state index in [1.165, 1.54) is 25.5 Å². The summed E-state index contributed by atoms with van der Waals surface area (Å²) in [6, 6.07) is 11.0. The van der Waals surface area contributed by atoms with Gasteiger partial charge in [-0.15, -0.1) is 0 Å². The van der Waals surface area contributed by atoms with E-state index in [-0.39, 0.29) is 23.9 Å². The highest BCUT2D eigenvalue weighted by atomic mass is 16.5. The Hall–Kier alpha value is -3.22. The number of nitrogens with one attached hydrogen (secondary N) is 1. The molecule has 7 nitrogen and oxygen atoms in total. The van der Waals surface area contributed by atoms with Gasteiger partial charge >= 0.3 is 0 Å². The van der Waals surface area contributed by atoms with Gasteiger partial charge in [0.15, 0.2) is 29.6 Å². The smallest absolute Gasteiger partial charge is 0.277 e. The molecule has 3 N–H and O–H groups in total. The van der Waals surface area contributed by atoms with Crippen molar-refractivity contribution in [3.05, 3.63) is 48.0 Å². The van der Waals surface area contributed by atoms with Gasteiger partial charge < -0.3 is 19.7 Å². The molecular weight excluding hydrogens is 300 g/mol. The summed E-state index contributed by atoms with van der Waals surface area (Å²) in [7, 11) is 1.44. The molecule has 0 radical (unpaired) electrons. The number of carbonyl (C=O) groups excluding carboxylic acids is 1. The van der Waals surface area contributed by atoms with E-state index in [4.69, 9.17) is 9.47 Å². The van der Waals surface area contributed by atoms with Crippen LogP contribution in [-0.2, 0) is 4.79 Å². The molecule has 0 saturated carbocycles. The molecule has 0 unspecified atom stereocenters. The number of hydrazone groups is 1. The molecular formula is C16H16N2O5. The van der Waals surface area contributed by atoms with E-state index < -0.39 is 5.91 Å². The van der Waals surface area contributed by atoms with E-state index in [9.17, 15) is 15.0 Å². The zero-order valence-electron chi connectivity index (χ0n) is 12.4. The van der Waals surface area contributed by atoms with Crippen LogP contribution in [-0.4, -0.2) is 36.1 Å². The van der Waals surface area contributed by atoms with Crippen LogP contribution >= 0.6 is 0 Å². The second-order valence-corrected chi connectivity index (χ2v) is 4.48. The molecule has 0 spiro atoms. The lowest BCUT2D eigenvalue weighted by Gasteiger charge is -2.06. The average molecular weight is 316 g/mol. The minimum Gasteiger partial charge on any atom is -0.504 e. The third-order valence-electron chi connectivity index (χ3n) is 2.83. The maximum Gasteiger partial charge on any atom is 0.277 e. The first kappa shape index (κ1) is 16.2. The van der Waals surface area contributed by atoms with Crippen molar-refractivity contribution in [2.75, 3.05) is 13.7 Å². The number of amides is 1. The van der Waals surface area contributed by atoms with Crippen LogP contribution in [0.5, 0.6) is 23.0 Å². The first-order valence-corrected chi connectivity index (χ1v) is 6.70. The van der Waals surface area contributed by atoms with Gasteiger partial charge in [0.25, 0.3) is 5.91 Å². The number of hydrogen-bond acceptors (Lipinski definition) is 6. The van der Waals surface area contributed by atoms with Crippen LogP contribution < -0.4 is 14.9 Å². The summed E-state index contributed by atoms with van der Waals surface area (Å²) in [6.45, 7) is -0.284. The summed E-state index contributed by atoms with van der Waals surface area (Å²) in [5.41, 5.74) is 2.93. The Labute approximate surface area is 132 Å². The summed E-state index contributed by atoms with van der Waals surface area (Å²) in [5.74, 6) is 0.0260. The fourth-order valence-electron chi connectivity index (χ4n) is 1.71. The molecule has 0 bridgehead atoms. The molecule has 120 valence electrons. The molecule has 2 rings (SSSR count). The number of phenols is 2. The number of rotatable bonds is 6. The van der Waals surface area contributed by atoms with Crippen LogP contribution in [0.3, 0.4) is 0 Å². The van der Waals surface area contributed by atoms with Crippen molar-refractivity contribution >= 4 is 12.1 Å². The molecule has 0 heterocycles. The van der Waals surface area contributed by atoms with Crippen molar-refractivity contribution in [1.82, 2.24) is 5.43 Å². The maximum absolute atomic E-state index is 11.6. The van der Waals surface area contributed by atoms with Gasteiger partial charge in [-0.2, -0.15) is 5.10 Å². The average Bonchev–Trinajstić information content (AvgIpc) is 2.55. The Morgan fingerprint density at radius 1 is 1.17 bits per heavy atom. The van der Waals surface area contributed by atoms with Crippen molar-refractivity contribution < 1.29 is 24.5 Å². The topological polar surface area (TPSA) is 100 Å². The number of ether oxygens (including phenoxy) is 2. The van der Waals surface area contributed by atoms with Crippen LogP contribution in [0.2, 0.25) is 0 Å². The third kappa shape index (κ3) is 4.63. The lowest BCUT2D eigenvalue weighted by Crippen LogP contribution is -2.24. The summed E-state index contributed by atoms with van der Waals surface area (Å²) in [4.78, 5) is 11.6. The minimum absolute atomic E-state index is 0.0183. The molecule has 0 aliphatic rings. The Morgan fingerprint density at radius 2 is 1.91 bits per heavy atom. The Kier molecular flexibility index (Phi) is 5.40. The van der Waals surface area contributed by atoms with E-state index in [1.54, 1.807) is 30.3 Å². The van der Waals surface area contributed by atoms with Crippen LogP contribution in [0.1, 0.15) is 5.56 Å². The largest absolute Gasteiger partial charge is 0.504 e. The molecule has 0 aliphatic carbocycles. The quantitative estimate of drug-likeness (QED) is 0.555. The van der Waals surface area contributed by atoms with Crippen LogP contribution in [0, 0.1) is 0 Å². The summed E-state index contributed by atoms with van der Waals surface area (Å²) >= 11 is 0. The fraction of sp³-hybridized carbons (Fsp3) is 0.125. The molecule has 0 saturated heterocycles. The lowest BCUT2D eigenvalue weighted by molar-refractivity contribution is -0.123. The predicted octanol–water partition coefficient (Wildman–Crippen LogP) is 1.64. The van der Waals surface area contributed by atoms with E-state index >= 15 is 0 Å². The lowest BCUT2D eigenvalue weighted by atomic mass is 10.2. The summed E-state index contributed by atoms with van der Waals surface area (Å²) < 4.78 is 10.1. The molecule has 23 heavy (non-hydrogen) atoms. The van der Waals surface area contributed by atoms with Gasteiger partial charge in [0.2, 0.25) is 0 Å². The van der Waals surface area contributed by atoms with Gasteiger partial charge in [0, 0.05) is 0 Å². The molecule has 2 aromatic rings. The number of phenolic OH excluding ortho intramolecular Hbond substituents is 2. The number of methoxy groups -OCH3 is 1. The predicted molar refractivity (Wildman–Crippen MR) is 84.0 cm³/mol. The molecule has 1 amide bonds. The van der Waals surface area contributed by atoms with E-state index in [0.29, 0.717) is 11.3 Å². The highest BCUT2D eigenvalue weighted by Crippen LogP contribution is 2.25. The van der Waals surface area contributed by atoms with E-state index in [2.05, 4.69) is 10.5 Å². The van der Waals surface area contributed by atoms with Gasteiger partial charge in [-0.05, 0) is 35.9 Å². The Balaban J connectivity index is 1.85. The summed E-state index contributed by atoms with van der Waals surface area (Å²) in [6.07, 6.45) is 1.40. The van der Waals surface area contributed by atoms with E-state index in [1.807, 2.05) is 0 Å². The monoisotopic (exact) mass is 316 g/mol. The zero-order valence-corrected chi connectivity index (χ0v) is 12.4. The number of hydrogen-bond donors (Lipinski definition) is 3. The van der Waals surface area contributed by atoms with E-state index in [0.717, 1.165) is 0 Å². The number of para-hydroxylation sites is 2. The number of carbonyl (C=O) groups is 1. The van der Waals surface area contributed by atoms with Crippen LogP contribution in [0.25, 0.3) is 0 Å². The molecule has 0 atom stereocenters. The highest BCUT2D eigenvalue weighted by Gasteiger charge is 2.05. The third-order valence-corrected chi connectivity index (χ3v) is 2.83. The van der Waals surface area contributed by atoms with Crippen molar-refractivity contribution in [1.29, 1.82) is 0 Å². The number of nitrogens with zero attached hydrogens (tertiary/aromatic N) is 1. The summed E-state index contributed by atoms with van der Waals surface area (Å²) in [5, 5.41) is 22.8. The number of benzene rings is 2. The molecule has 0 aromatic heterocycles. The first-order chi connectivity index (χ1) is 11.1. The minimum atomic E-state index is -0.477. The molecule has 2 aromatic carbocycles. The van der Waals surface area contributed by atoms with Gasteiger partial charge in [0.1, 0.15) is 0 Å². The zero-order chi connectivity index (χ0) is 16.7. The van der Waals surface area contributed by atoms with Crippen molar-refractivity contribution in [3.63, 3.8) is 0 Å².